The Bertz CT molecular complexity index is 461. The zero-order valence-electron chi connectivity index (χ0n) is 11.8. The summed E-state index contributed by atoms with van der Waals surface area (Å²) in [5.74, 6) is -1.39. The summed E-state index contributed by atoms with van der Waals surface area (Å²) in [4.78, 5) is 22.8. The number of carboxylic acids is 1. The lowest BCUT2D eigenvalue weighted by molar-refractivity contribution is -0.141. The van der Waals surface area contributed by atoms with Gasteiger partial charge in [-0.05, 0) is 17.7 Å². The SMILES string of the molecule is COCCNCC(=O)N[C@@H](Cc1ccc(O)cc1)C(=O)O. The molecule has 0 aliphatic heterocycles. The first-order valence-electron chi connectivity index (χ1n) is 6.52. The maximum Gasteiger partial charge on any atom is 0.326 e. The molecule has 0 unspecified atom stereocenters. The highest BCUT2D eigenvalue weighted by Gasteiger charge is 2.20. The number of phenols is 1. The highest BCUT2D eigenvalue weighted by Crippen LogP contribution is 2.11. The van der Waals surface area contributed by atoms with Gasteiger partial charge in [0, 0.05) is 20.1 Å². The molecule has 0 saturated carbocycles. The Morgan fingerprint density at radius 2 is 1.95 bits per heavy atom. The van der Waals surface area contributed by atoms with Crippen molar-refractivity contribution in [2.24, 2.45) is 0 Å². The molecule has 0 spiro atoms. The van der Waals surface area contributed by atoms with E-state index in [-0.39, 0.29) is 18.7 Å². The molecule has 21 heavy (non-hydrogen) atoms. The van der Waals surface area contributed by atoms with Crippen LogP contribution < -0.4 is 10.6 Å². The number of ether oxygens (including phenoxy) is 1. The standard InChI is InChI=1S/C14H20N2O5/c1-21-7-6-15-9-13(18)16-12(14(19)20)8-10-2-4-11(17)5-3-10/h2-5,12,15,17H,6-9H2,1H3,(H,16,18)(H,19,20)/t12-/m0/s1. The molecule has 0 radical (unpaired) electrons. The van der Waals surface area contributed by atoms with Crippen molar-refractivity contribution >= 4 is 11.9 Å². The van der Waals surface area contributed by atoms with Gasteiger partial charge in [0.25, 0.3) is 0 Å². The number of rotatable bonds is 9. The maximum atomic E-state index is 11.6. The van der Waals surface area contributed by atoms with Crippen LogP contribution in [-0.2, 0) is 20.7 Å². The fraction of sp³-hybridized carbons (Fsp3) is 0.429. The molecule has 0 bridgehead atoms. The van der Waals surface area contributed by atoms with Crippen molar-refractivity contribution in [3.8, 4) is 5.75 Å². The molecule has 0 saturated heterocycles. The number of phenolic OH excluding ortho intramolecular Hbond substituents is 1. The molecule has 0 aromatic heterocycles. The van der Waals surface area contributed by atoms with Crippen molar-refractivity contribution in [1.29, 1.82) is 0 Å². The first-order chi connectivity index (χ1) is 10.0. The van der Waals surface area contributed by atoms with Crippen LogP contribution >= 0.6 is 0 Å². The minimum atomic E-state index is -1.10. The molecule has 1 aromatic rings. The summed E-state index contributed by atoms with van der Waals surface area (Å²) >= 11 is 0. The molecule has 7 heteroatoms. The Hall–Kier alpha value is -2.12. The lowest BCUT2D eigenvalue weighted by atomic mass is 10.1. The summed E-state index contributed by atoms with van der Waals surface area (Å²) in [5.41, 5.74) is 0.716. The van der Waals surface area contributed by atoms with E-state index in [0.29, 0.717) is 18.7 Å². The van der Waals surface area contributed by atoms with Crippen molar-refractivity contribution in [1.82, 2.24) is 10.6 Å². The highest BCUT2D eigenvalue weighted by molar-refractivity contribution is 5.84. The van der Waals surface area contributed by atoms with E-state index in [2.05, 4.69) is 10.6 Å². The molecule has 116 valence electrons. The number of nitrogens with one attached hydrogen (secondary N) is 2. The number of amides is 1. The van der Waals surface area contributed by atoms with Crippen molar-refractivity contribution < 1.29 is 24.5 Å². The largest absolute Gasteiger partial charge is 0.508 e. The van der Waals surface area contributed by atoms with Crippen LogP contribution in [0.5, 0.6) is 5.75 Å². The van der Waals surface area contributed by atoms with Crippen LogP contribution in [0.25, 0.3) is 0 Å². The summed E-state index contributed by atoms with van der Waals surface area (Å²) in [6.07, 6.45) is 0.152. The minimum Gasteiger partial charge on any atom is -0.508 e. The Morgan fingerprint density at radius 1 is 1.29 bits per heavy atom. The summed E-state index contributed by atoms with van der Waals surface area (Å²) < 4.78 is 4.82. The van der Waals surface area contributed by atoms with Crippen molar-refractivity contribution in [2.45, 2.75) is 12.5 Å². The van der Waals surface area contributed by atoms with Gasteiger partial charge in [0.2, 0.25) is 5.91 Å². The summed E-state index contributed by atoms with van der Waals surface area (Å²) in [6.45, 7) is 1.02. The topological polar surface area (TPSA) is 108 Å². The van der Waals surface area contributed by atoms with E-state index in [1.165, 1.54) is 12.1 Å². The van der Waals surface area contributed by atoms with Gasteiger partial charge in [-0.2, -0.15) is 0 Å². The highest BCUT2D eigenvalue weighted by atomic mass is 16.5. The van der Waals surface area contributed by atoms with Crippen molar-refractivity contribution in [3.05, 3.63) is 29.8 Å². The predicted octanol–water partition coefficient (Wildman–Crippen LogP) is -0.260. The molecular weight excluding hydrogens is 276 g/mol. The average Bonchev–Trinajstić information content (AvgIpc) is 2.45. The quantitative estimate of drug-likeness (QED) is 0.468. The number of benzene rings is 1. The van der Waals surface area contributed by atoms with Gasteiger partial charge in [-0.3, -0.25) is 4.79 Å². The van der Waals surface area contributed by atoms with Crippen LogP contribution in [0.3, 0.4) is 0 Å². The first kappa shape index (κ1) is 16.9. The van der Waals surface area contributed by atoms with Gasteiger partial charge >= 0.3 is 5.97 Å². The fourth-order valence-corrected chi connectivity index (χ4v) is 1.69. The van der Waals surface area contributed by atoms with Gasteiger partial charge < -0.3 is 25.6 Å². The number of carbonyl (C=O) groups is 2. The Labute approximate surface area is 122 Å². The molecule has 1 aromatic carbocycles. The smallest absolute Gasteiger partial charge is 0.326 e. The monoisotopic (exact) mass is 296 g/mol. The van der Waals surface area contributed by atoms with Crippen LogP contribution in [0, 0.1) is 0 Å². The normalized spacial score (nSPS) is 11.9. The van der Waals surface area contributed by atoms with Crippen LogP contribution in [0.15, 0.2) is 24.3 Å². The predicted molar refractivity (Wildman–Crippen MR) is 76.1 cm³/mol. The van der Waals surface area contributed by atoms with E-state index in [1.54, 1.807) is 19.2 Å². The fourth-order valence-electron chi connectivity index (χ4n) is 1.69. The van der Waals surface area contributed by atoms with Crippen LogP contribution in [0.2, 0.25) is 0 Å². The first-order valence-corrected chi connectivity index (χ1v) is 6.52. The van der Waals surface area contributed by atoms with Gasteiger partial charge in [-0.25, -0.2) is 4.79 Å². The number of aromatic hydroxyl groups is 1. The van der Waals surface area contributed by atoms with E-state index < -0.39 is 17.9 Å². The second-order valence-corrected chi connectivity index (χ2v) is 4.50. The Kier molecular flexibility index (Phi) is 7.20. The van der Waals surface area contributed by atoms with Crippen molar-refractivity contribution in [3.63, 3.8) is 0 Å². The number of aliphatic carboxylic acids is 1. The van der Waals surface area contributed by atoms with Gasteiger partial charge in [-0.15, -0.1) is 0 Å². The van der Waals surface area contributed by atoms with Gasteiger partial charge in [0.15, 0.2) is 0 Å². The molecule has 0 aliphatic rings. The summed E-state index contributed by atoms with van der Waals surface area (Å²) in [6, 6.07) is 5.18. The zero-order chi connectivity index (χ0) is 15.7. The summed E-state index contributed by atoms with van der Waals surface area (Å²) in [7, 11) is 1.56. The van der Waals surface area contributed by atoms with Crippen molar-refractivity contribution in [2.75, 3.05) is 26.8 Å². The molecule has 0 fully saturated rings. The third kappa shape index (κ3) is 6.73. The number of hydrogen-bond donors (Lipinski definition) is 4. The molecule has 4 N–H and O–H groups in total. The lowest BCUT2D eigenvalue weighted by Gasteiger charge is -2.15. The van der Waals surface area contributed by atoms with Gasteiger partial charge in [0.1, 0.15) is 11.8 Å². The second kappa shape index (κ2) is 8.93. The van der Waals surface area contributed by atoms with E-state index in [0.717, 1.165) is 0 Å². The minimum absolute atomic E-state index is 0.0305. The number of hydrogen-bond acceptors (Lipinski definition) is 5. The second-order valence-electron chi connectivity index (χ2n) is 4.50. The van der Waals surface area contributed by atoms with E-state index >= 15 is 0 Å². The molecule has 1 rings (SSSR count). The maximum absolute atomic E-state index is 11.6. The van der Waals surface area contributed by atoms with Gasteiger partial charge in [-0.1, -0.05) is 12.1 Å². The molecule has 7 nitrogen and oxygen atoms in total. The van der Waals surface area contributed by atoms with Crippen LogP contribution in [0.1, 0.15) is 5.56 Å². The van der Waals surface area contributed by atoms with Crippen LogP contribution in [0.4, 0.5) is 0 Å². The molecule has 0 aliphatic carbocycles. The van der Waals surface area contributed by atoms with E-state index in [1.807, 2.05) is 0 Å². The Morgan fingerprint density at radius 3 is 2.52 bits per heavy atom. The van der Waals surface area contributed by atoms with E-state index in [9.17, 15) is 14.7 Å². The number of carbonyl (C=O) groups excluding carboxylic acids is 1. The van der Waals surface area contributed by atoms with Crippen LogP contribution in [-0.4, -0.2) is 54.9 Å². The zero-order valence-corrected chi connectivity index (χ0v) is 11.8. The lowest BCUT2D eigenvalue weighted by Crippen LogP contribution is -2.46. The third-order valence-electron chi connectivity index (χ3n) is 2.78. The molecule has 1 amide bonds. The Balaban J connectivity index is 2.48. The number of methoxy groups -OCH3 is 1. The van der Waals surface area contributed by atoms with E-state index in [4.69, 9.17) is 9.84 Å². The number of carboxylic acid groups (broad SMARTS) is 1. The average molecular weight is 296 g/mol. The molecular formula is C14H20N2O5. The molecule has 0 heterocycles. The molecule has 1 atom stereocenters. The third-order valence-corrected chi connectivity index (χ3v) is 2.78. The summed E-state index contributed by atoms with van der Waals surface area (Å²) in [5, 5.41) is 23.6. The van der Waals surface area contributed by atoms with Gasteiger partial charge in [0.05, 0.1) is 13.2 Å².